The lowest BCUT2D eigenvalue weighted by Gasteiger charge is -1.86. The Hall–Kier alpha value is -0.730. The summed E-state index contributed by atoms with van der Waals surface area (Å²) in [6.45, 7) is 4.88. The summed E-state index contributed by atoms with van der Waals surface area (Å²) in [7, 11) is 4.24. The molecule has 92 valence electrons. The van der Waals surface area contributed by atoms with Crippen LogP contribution in [-0.2, 0) is 9.53 Å². The van der Waals surface area contributed by atoms with E-state index in [1.54, 1.807) is 13.6 Å². The highest BCUT2D eigenvalue weighted by atomic mass is 16.5. The third-order valence-corrected chi connectivity index (χ3v) is 0.843. The summed E-state index contributed by atoms with van der Waals surface area (Å²) in [4.78, 5) is 19.7. The number of hydrogen-bond acceptors (Lipinski definition) is 3. The summed E-state index contributed by atoms with van der Waals surface area (Å²) in [5.41, 5.74) is 0.130. The second-order valence-corrected chi connectivity index (χ2v) is 1.71. The summed E-state index contributed by atoms with van der Waals surface area (Å²) in [5, 5.41) is 0. The van der Waals surface area contributed by atoms with Crippen molar-refractivity contribution in [3.63, 3.8) is 0 Å². The summed E-state index contributed by atoms with van der Waals surface area (Å²) in [6, 6.07) is 0. The van der Waals surface area contributed by atoms with Crippen molar-refractivity contribution in [2.75, 3.05) is 7.11 Å². The van der Waals surface area contributed by atoms with E-state index in [2.05, 4.69) is 4.74 Å². The molecule has 0 saturated heterocycles. The molecule has 0 spiro atoms. The van der Waals surface area contributed by atoms with Crippen LogP contribution in [0.1, 0.15) is 36.6 Å². The Kier molecular flexibility index (Phi) is 71.6. The Morgan fingerprint density at radius 3 is 1.20 bits per heavy atom. The maximum Gasteiger partial charge on any atom is 0.257 e. The van der Waals surface area contributed by atoms with Crippen molar-refractivity contribution in [1.82, 2.24) is 0 Å². The van der Waals surface area contributed by atoms with E-state index in [1.165, 1.54) is 28.6 Å². The number of methoxy groups -OCH3 is 1. The first-order valence-electron chi connectivity index (χ1n) is 3.25. The molecule has 0 aromatic heterocycles. The lowest BCUT2D eigenvalue weighted by Crippen LogP contribution is -2.02. The number of hydrogen-bond donors (Lipinski definition) is 0. The van der Waals surface area contributed by atoms with Gasteiger partial charge in [0.05, 0.1) is 12.8 Å². The molecule has 0 bridgehead atoms. The highest BCUT2D eigenvalue weighted by Gasteiger charge is 1.90. The molecule has 15 heavy (non-hydrogen) atoms. The second-order valence-electron chi connectivity index (χ2n) is 1.71. The number of carbonyl (C=O) groups excluding carboxylic acids is 2. The van der Waals surface area contributed by atoms with Gasteiger partial charge in [-0.1, -0.05) is 43.4 Å². The van der Waals surface area contributed by atoms with Crippen LogP contribution in [0, 0.1) is 0 Å². The Balaban J connectivity index is -0.0000000215. The molecule has 0 aliphatic carbocycles. The van der Waals surface area contributed by atoms with Gasteiger partial charge in [-0.2, -0.15) is 0 Å². The molecule has 0 saturated carbocycles. The van der Waals surface area contributed by atoms with Crippen LogP contribution in [0.2, 0.25) is 13.6 Å². The smallest absolute Gasteiger partial charge is 0.257 e. The number of carbonyl (C=O) groups is 2. The number of rotatable bonds is 2. The number of ether oxygens (including phenoxy) is 1. The lowest BCUT2D eigenvalue weighted by atomic mass is 9.78. The third-order valence-electron chi connectivity index (χ3n) is 0.843. The van der Waals surface area contributed by atoms with Crippen molar-refractivity contribution in [1.29, 1.82) is 0 Å². The topological polar surface area (TPSA) is 43.4 Å². The van der Waals surface area contributed by atoms with Crippen molar-refractivity contribution < 1.29 is 14.3 Å². The SMILES string of the molecule is C.C.C.C.C[B]C(=O)OC.C[B]C(C)=O. The monoisotopic (exact) mass is 218 g/mol. The maximum absolute atomic E-state index is 9.90. The highest BCUT2D eigenvalue weighted by molar-refractivity contribution is 6.72. The van der Waals surface area contributed by atoms with Gasteiger partial charge in [-0.05, 0) is 6.92 Å². The van der Waals surface area contributed by atoms with Crippen molar-refractivity contribution in [2.45, 2.75) is 50.3 Å². The third kappa shape index (κ3) is 60.7. The summed E-state index contributed by atoms with van der Waals surface area (Å²) < 4.78 is 4.20. The Morgan fingerprint density at radius 2 is 1.20 bits per heavy atom. The van der Waals surface area contributed by atoms with Gasteiger partial charge in [-0.3, -0.25) is 4.79 Å². The van der Waals surface area contributed by atoms with E-state index < -0.39 is 0 Å². The van der Waals surface area contributed by atoms with Crippen molar-refractivity contribution in [2.24, 2.45) is 0 Å². The van der Waals surface area contributed by atoms with Crippen LogP contribution < -0.4 is 0 Å². The van der Waals surface area contributed by atoms with E-state index in [-0.39, 0.29) is 41.3 Å². The fourth-order valence-corrected chi connectivity index (χ4v) is 0.118. The van der Waals surface area contributed by atoms with E-state index >= 15 is 0 Å². The molecule has 0 amide bonds. The molecule has 0 rings (SSSR count). The van der Waals surface area contributed by atoms with Crippen LogP contribution in [0.25, 0.3) is 0 Å². The lowest BCUT2D eigenvalue weighted by molar-refractivity contribution is -0.110. The molecule has 0 aliphatic heterocycles. The van der Waals surface area contributed by atoms with Crippen LogP contribution in [0.3, 0.4) is 0 Å². The van der Waals surface area contributed by atoms with E-state index in [0.29, 0.717) is 0 Å². The van der Waals surface area contributed by atoms with Crippen LogP contribution in [0.4, 0.5) is 4.79 Å². The van der Waals surface area contributed by atoms with E-state index in [0.717, 1.165) is 0 Å². The van der Waals surface area contributed by atoms with Gasteiger partial charge in [-0.25, -0.2) is 0 Å². The van der Waals surface area contributed by atoms with Crippen LogP contribution in [0.15, 0.2) is 0 Å². The van der Waals surface area contributed by atoms with Gasteiger partial charge in [0.25, 0.3) is 7.28 Å². The zero-order chi connectivity index (χ0) is 9.28. The Bertz CT molecular complexity index is 122. The zero-order valence-electron chi connectivity index (χ0n) is 7.38. The molecule has 0 aliphatic rings. The fourth-order valence-electron chi connectivity index (χ4n) is 0.118. The van der Waals surface area contributed by atoms with Gasteiger partial charge in [0.2, 0.25) is 5.87 Å². The first-order chi connectivity index (χ1) is 5.08. The molecule has 0 atom stereocenters. The molecule has 0 unspecified atom stereocenters. The molecule has 0 aromatic carbocycles. The van der Waals surface area contributed by atoms with Crippen molar-refractivity contribution in [3.05, 3.63) is 0 Å². The summed E-state index contributed by atoms with van der Waals surface area (Å²) in [6.07, 6.45) is 0. The molecule has 3 nitrogen and oxygen atoms in total. The predicted octanol–water partition coefficient (Wildman–Crippen LogP) is 3.33. The van der Waals surface area contributed by atoms with Gasteiger partial charge in [0.15, 0.2) is 7.28 Å². The minimum absolute atomic E-state index is 0. The van der Waals surface area contributed by atoms with Crippen LogP contribution in [-0.4, -0.2) is 33.2 Å². The Labute approximate surface area is 98.5 Å². The average molecular weight is 218 g/mol. The summed E-state index contributed by atoms with van der Waals surface area (Å²) >= 11 is 0. The fraction of sp³-hybridized carbons (Fsp3) is 0.800. The van der Waals surface area contributed by atoms with E-state index in [9.17, 15) is 9.59 Å². The molecule has 0 aromatic rings. The molecular formula is C10H28B2O3. The highest BCUT2D eigenvalue weighted by Crippen LogP contribution is 1.69. The van der Waals surface area contributed by atoms with Gasteiger partial charge >= 0.3 is 0 Å². The normalized spacial score (nSPS) is 5.07. The minimum Gasteiger partial charge on any atom is -0.477 e. The van der Waals surface area contributed by atoms with E-state index in [1.807, 2.05) is 0 Å². The maximum atomic E-state index is 9.90. The first kappa shape index (κ1) is 36.7. The van der Waals surface area contributed by atoms with Gasteiger partial charge in [0, 0.05) is 0 Å². The largest absolute Gasteiger partial charge is 0.477 e. The predicted molar refractivity (Wildman–Crippen MR) is 73.2 cm³/mol. The van der Waals surface area contributed by atoms with Crippen molar-refractivity contribution >= 4 is 26.1 Å². The quantitative estimate of drug-likeness (QED) is 0.667. The second kappa shape index (κ2) is 29.2. The summed E-state index contributed by atoms with van der Waals surface area (Å²) in [5.74, 6) is -0.282. The molecule has 0 fully saturated rings. The van der Waals surface area contributed by atoms with Gasteiger partial charge < -0.3 is 9.53 Å². The van der Waals surface area contributed by atoms with Crippen LogP contribution >= 0.6 is 0 Å². The molecule has 0 heterocycles. The molecular weight excluding hydrogens is 190 g/mol. The minimum atomic E-state index is -0.282. The van der Waals surface area contributed by atoms with Crippen molar-refractivity contribution in [3.8, 4) is 0 Å². The average Bonchev–Trinajstić information content (AvgIpc) is 2.04. The molecule has 5 heteroatoms. The Morgan fingerprint density at radius 1 is 0.933 bits per heavy atom. The van der Waals surface area contributed by atoms with E-state index in [4.69, 9.17) is 0 Å². The van der Waals surface area contributed by atoms with Gasteiger partial charge in [0.1, 0.15) is 0 Å². The van der Waals surface area contributed by atoms with Crippen LogP contribution in [0.5, 0.6) is 0 Å². The zero-order valence-corrected chi connectivity index (χ0v) is 7.38. The molecule has 2 radical (unpaired) electrons. The first-order valence-corrected chi connectivity index (χ1v) is 3.25. The molecule has 0 N–H and O–H groups in total. The standard InChI is InChI=1S/C3H6BO2.C3H6BO.4CH4/c1-4-3(5)6-2;1-3(5)4-2;;;;/h1-2H3;1-2H3;4*1H4. The van der Waals surface area contributed by atoms with Gasteiger partial charge in [-0.15, -0.1) is 0 Å².